The first-order valence-electron chi connectivity index (χ1n) is 5.81. The molecule has 0 amide bonds. The Morgan fingerprint density at radius 1 is 1.19 bits per heavy atom. The lowest BCUT2D eigenvalue weighted by atomic mass is 10.2. The molecule has 98 valence electrons. The molecule has 0 heterocycles. The summed E-state index contributed by atoms with van der Waals surface area (Å²) in [6.45, 7) is 8.96. The predicted molar refractivity (Wildman–Crippen MR) is 69.5 cm³/mol. The molecule has 0 saturated carbocycles. The van der Waals surface area contributed by atoms with E-state index in [1.807, 2.05) is 7.05 Å². The second kappa shape index (κ2) is 7.25. The zero-order valence-electron chi connectivity index (χ0n) is 11.2. The summed E-state index contributed by atoms with van der Waals surface area (Å²) in [5.41, 5.74) is 0. The van der Waals surface area contributed by atoms with Crippen LogP contribution in [0.15, 0.2) is 0 Å². The molecule has 0 radical (unpaired) electrons. The second-order valence-corrected chi connectivity index (χ2v) is 7.27. The van der Waals surface area contributed by atoms with Crippen molar-refractivity contribution in [1.82, 2.24) is 10.2 Å². The lowest BCUT2D eigenvalue weighted by Gasteiger charge is -2.25. The summed E-state index contributed by atoms with van der Waals surface area (Å²) in [6.07, 6.45) is 1.28. The molecule has 1 N–H and O–H groups in total. The molecule has 0 aliphatic carbocycles. The number of hydrogen-bond acceptors (Lipinski definition) is 4. The van der Waals surface area contributed by atoms with Gasteiger partial charge in [-0.05, 0) is 26.4 Å². The fourth-order valence-electron chi connectivity index (χ4n) is 1.27. The highest BCUT2D eigenvalue weighted by Crippen LogP contribution is 1.96. The molecule has 0 bridgehead atoms. The van der Waals surface area contributed by atoms with Gasteiger partial charge >= 0.3 is 0 Å². The Labute approximate surface area is 100 Å². The van der Waals surface area contributed by atoms with Crippen LogP contribution >= 0.6 is 0 Å². The monoisotopic (exact) mass is 250 g/mol. The van der Waals surface area contributed by atoms with Crippen molar-refractivity contribution in [3.8, 4) is 0 Å². The van der Waals surface area contributed by atoms with Gasteiger partial charge < -0.3 is 10.2 Å². The summed E-state index contributed by atoms with van der Waals surface area (Å²) in [6, 6.07) is 0.362. The third-order valence-corrected chi connectivity index (χ3v) is 3.48. The summed E-state index contributed by atoms with van der Waals surface area (Å²) in [4.78, 5) is 2.08. The molecule has 0 fully saturated rings. The highest BCUT2D eigenvalue weighted by atomic mass is 32.2. The molecule has 1 unspecified atom stereocenters. The predicted octanol–water partition coefficient (Wildman–Crippen LogP) is 0.597. The van der Waals surface area contributed by atoms with Gasteiger partial charge in [-0.1, -0.05) is 13.8 Å². The van der Waals surface area contributed by atoms with Crippen molar-refractivity contribution >= 4 is 9.84 Å². The zero-order chi connectivity index (χ0) is 12.8. The lowest BCUT2D eigenvalue weighted by Crippen LogP contribution is -2.40. The van der Waals surface area contributed by atoms with Crippen molar-refractivity contribution < 1.29 is 8.42 Å². The Morgan fingerprint density at radius 3 is 2.19 bits per heavy atom. The maximum atomic E-state index is 11.0. The van der Waals surface area contributed by atoms with Crippen LogP contribution in [0.2, 0.25) is 0 Å². The average Bonchev–Trinajstić information content (AvgIpc) is 2.12. The van der Waals surface area contributed by atoms with Gasteiger partial charge in [-0.3, -0.25) is 0 Å². The van der Waals surface area contributed by atoms with Crippen molar-refractivity contribution in [1.29, 1.82) is 0 Å². The fourth-order valence-corrected chi connectivity index (χ4v) is 1.89. The number of sulfone groups is 1. The van der Waals surface area contributed by atoms with E-state index < -0.39 is 9.84 Å². The average molecular weight is 250 g/mol. The maximum Gasteiger partial charge on any atom is 0.148 e. The molecule has 0 spiro atoms. The Bertz CT molecular complexity index is 276. The van der Waals surface area contributed by atoms with Crippen LogP contribution < -0.4 is 5.32 Å². The number of nitrogens with one attached hydrogen (secondary N) is 1. The molecule has 5 heteroatoms. The molecule has 4 nitrogen and oxygen atoms in total. The van der Waals surface area contributed by atoms with Gasteiger partial charge in [-0.15, -0.1) is 0 Å². The minimum Gasteiger partial charge on any atom is -0.315 e. The van der Waals surface area contributed by atoms with E-state index in [9.17, 15) is 8.42 Å². The molecule has 0 saturated heterocycles. The van der Waals surface area contributed by atoms with Gasteiger partial charge in [0.05, 0.1) is 5.75 Å². The van der Waals surface area contributed by atoms with Crippen molar-refractivity contribution in [2.24, 2.45) is 5.92 Å². The first-order chi connectivity index (χ1) is 7.22. The Hall–Kier alpha value is -0.130. The van der Waals surface area contributed by atoms with E-state index in [1.54, 1.807) is 0 Å². The van der Waals surface area contributed by atoms with Crippen LogP contribution in [0.1, 0.15) is 20.8 Å². The molecule has 1 atom stereocenters. The lowest BCUT2D eigenvalue weighted by molar-refractivity contribution is 0.262. The molecular formula is C11H26N2O2S. The molecule has 0 aliphatic rings. The van der Waals surface area contributed by atoms with E-state index in [2.05, 4.69) is 31.0 Å². The SMILES string of the molecule is CC(C)CNCC(C)N(C)CCS(C)(=O)=O. The van der Waals surface area contributed by atoms with E-state index in [0.29, 0.717) is 18.5 Å². The van der Waals surface area contributed by atoms with Gasteiger partial charge in [0.15, 0.2) is 0 Å². The third-order valence-electron chi connectivity index (χ3n) is 2.56. The van der Waals surface area contributed by atoms with Gasteiger partial charge in [-0.2, -0.15) is 0 Å². The van der Waals surface area contributed by atoms with E-state index >= 15 is 0 Å². The largest absolute Gasteiger partial charge is 0.315 e. The number of nitrogens with zero attached hydrogens (tertiary/aromatic N) is 1. The van der Waals surface area contributed by atoms with Gasteiger partial charge in [0.25, 0.3) is 0 Å². The van der Waals surface area contributed by atoms with Crippen LogP contribution in [0.4, 0.5) is 0 Å². The molecule has 0 aromatic rings. The smallest absolute Gasteiger partial charge is 0.148 e. The van der Waals surface area contributed by atoms with E-state index in [-0.39, 0.29) is 5.75 Å². The van der Waals surface area contributed by atoms with Gasteiger partial charge in [0.2, 0.25) is 0 Å². The van der Waals surface area contributed by atoms with Crippen LogP contribution in [-0.4, -0.2) is 58.1 Å². The first-order valence-corrected chi connectivity index (χ1v) is 7.87. The Morgan fingerprint density at radius 2 is 1.75 bits per heavy atom. The number of rotatable bonds is 8. The van der Waals surface area contributed by atoms with E-state index in [0.717, 1.165) is 13.1 Å². The number of likely N-dealkylation sites (N-methyl/N-ethyl adjacent to an activating group) is 1. The molecular weight excluding hydrogens is 224 g/mol. The van der Waals surface area contributed by atoms with Gasteiger partial charge in [0.1, 0.15) is 9.84 Å². The van der Waals surface area contributed by atoms with Crippen molar-refractivity contribution in [3.05, 3.63) is 0 Å². The second-order valence-electron chi connectivity index (χ2n) is 5.01. The maximum absolute atomic E-state index is 11.0. The molecule has 0 aliphatic heterocycles. The van der Waals surface area contributed by atoms with Crippen molar-refractivity contribution in [2.45, 2.75) is 26.8 Å². The van der Waals surface area contributed by atoms with E-state index in [1.165, 1.54) is 6.26 Å². The van der Waals surface area contributed by atoms with Crippen molar-refractivity contribution in [2.75, 3.05) is 38.7 Å². The van der Waals surface area contributed by atoms with Crippen LogP contribution in [-0.2, 0) is 9.84 Å². The minimum atomic E-state index is -2.85. The fraction of sp³-hybridized carbons (Fsp3) is 1.00. The first kappa shape index (κ1) is 15.9. The molecule has 0 aromatic carbocycles. The standard InChI is InChI=1S/C11H26N2O2S/c1-10(2)8-12-9-11(3)13(4)6-7-16(5,14)15/h10-12H,6-9H2,1-5H3. The molecule has 0 rings (SSSR count). The summed E-state index contributed by atoms with van der Waals surface area (Å²) in [5.74, 6) is 0.881. The van der Waals surface area contributed by atoms with Crippen LogP contribution in [0.5, 0.6) is 0 Å². The Balaban J connectivity index is 3.77. The minimum absolute atomic E-state index is 0.234. The van der Waals surface area contributed by atoms with Crippen LogP contribution in [0, 0.1) is 5.92 Å². The summed E-state index contributed by atoms with van der Waals surface area (Å²) >= 11 is 0. The molecule has 16 heavy (non-hydrogen) atoms. The molecule has 0 aromatic heterocycles. The van der Waals surface area contributed by atoms with Crippen molar-refractivity contribution in [3.63, 3.8) is 0 Å². The van der Waals surface area contributed by atoms with Gasteiger partial charge in [0, 0.05) is 25.4 Å². The highest BCUT2D eigenvalue weighted by Gasteiger charge is 2.11. The number of hydrogen-bond donors (Lipinski definition) is 1. The summed E-state index contributed by atoms with van der Waals surface area (Å²) < 4.78 is 22.0. The third kappa shape index (κ3) is 9.12. The summed E-state index contributed by atoms with van der Waals surface area (Å²) in [7, 11) is -0.884. The van der Waals surface area contributed by atoms with Crippen LogP contribution in [0.3, 0.4) is 0 Å². The van der Waals surface area contributed by atoms with Crippen LogP contribution in [0.25, 0.3) is 0 Å². The Kier molecular flexibility index (Phi) is 7.19. The normalized spacial score (nSPS) is 14.7. The zero-order valence-corrected chi connectivity index (χ0v) is 12.0. The highest BCUT2D eigenvalue weighted by molar-refractivity contribution is 7.90. The topological polar surface area (TPSA) is 49.4 Å². The van der Waals surface area contributed by atoms with E-state index in [4.69, 9.17) is 0 Å². The quantitative estimate of drug-likeness (QED) is 0.685. The summed E-state index contributed by atoms with van der Waals surface area (Å²) in [5, 5.41) is 3.37. The van der Waals surface area contributed by atoms with Gasteiger partial charge in [-0.25, -0.2) is 8.42 Å².